The molecule has 1 fully saturated rings. The summed E-state index contributed by atoms with van der Waals surface area (Å²) in [6.07, 6.45) is -8.67. The number of H-pyrrole nitrogens is 1. The Bertz CT molecular complexity index is 1100. The number of benzene rings is 1. The predicted molar refractivity (Wildman–Crippen MR) is 113 cm³/mol. The Morgan fingerprint density at radius 1 is 0.971 bits per heavy atom. The highest BCUT2D eigenvalue weighted by Crippen LogP contribution is 2.38. The SMILES string of the molecule is Cc1[nH]c(C)c(CO/N=C2\CCCCC2Oc2cc(C(F)(F)F)cc(C(F)(F)F)c2)c(=O)c1C. The molecule has 34 heavy (non-hydrogen) atoms. The van der Waals surface area contributed by atoms with Crippen molar-refractivity contribution in [2.24, 2.45) is 5.16 Å². The van der Waals surface area contributed by atoms with Gasteiger partial charge in [-0.1, -0.05) is 5.16 Å². The summed E-state index contributed by atoms with van der Waals surface area (Å²) in [5, 5.41) is 4.03. The number of hydrogen-bond acceptors (Lipinski definition) is 4. The lowest BCUT2D eigenvalue weighted by Gasteiger charge is -2.25. The molecule has 1 saturated carbocycles. The van der Waals surface area contributed by atoms with Crippen LogP contribution >= 0.6 is 0 Å². The van der Waals surface area contributed by atoms with Gasteiger partial charge in [0, 0.05) is 17.0 Å². The summed E-state index contributed by atoms with van der Waals surface area (Å²) in [5.41, 5.74) is -0.455. The molecule has 0 spiro atoms. The van der Waals surface area contributed by atoms with Crippen molar-refractivity contribution in [1.29, 1.82) is 0 Å². The van der Waals surface area contributed by atoms with Gasteiger partial charge in [0.25, 0.3) is 0 Å². The summed E-state index contributed by atoms with van der Waals surface area (Å²) in [7, 11) is 0. The number of aromatic nitrogens is 1. The molecule has 1 aromatic heterocycles. The Hall–Kier alpha value is -2.98. The van der Waals surface area contributed by atoms with Crippen molar-refractivity contribution < 1.29 is 35.9 Å². The van der Waals surface area contributed by atoms with Crippen LogP contribution in [0.3, 0.4) is 0 Å². The number of ether oxygens (including phenoxy) is 1. The molecule has 1 unspecified atom stereocenters. The van der Waals surface area contributed by atoms with Crippen LogP contribution in [-0.2, 0) is 23.8 Å². The molecule has 1 N–H and O–H groups in total. The molecule has 0 bridgehead atoms. The van der Waals surface area contributed by atoms with E-state index in [9.17, 15) is 31.1 Å². The fourth-order valence-corrected chi connectivity index (χ4v) is 3.72. The molecule has 11 heteroatoms. The second-order valence-electron chi connectivity index (χ2n) is 8.26. The molecule has 1 heterocycles. The first-order valence-electron chi connectivity index (χ1n) is 10.6. The number of oxime groups is 1. The van der Waals surface area contributed by atoms with Crippen LogP contribution in [0, 0.1) is 20.8 Å². The van der Waals surface area contributed by atoms with Crippen molar-refractivity contribution in [3.8, 4) is 5.75 Å². The Labute approximate surface area is 191 Å². The summed E-state index contributed by atoms with van der Waals surface area (Å²) >= 11 is 0. The van der Waals surface area contributed by atoms with E-state index in [2.05, 4.69) is 10.1 Å². The van der Waals surface area contributed by atoms with E-state index in [1.54, 1.807) is 20.8 Å². The smallest absolute Gasteiger partial charge is 0.416 e. The van der Waals surface area contributed by atoms with Crippen molar-refractivity contribution in [3.05, 3.63) is 62.1 Å². The van der Waals surface area contributed by atoms with Gasteiger partial charge in [-0.2, -0.15) is 26.3 Å². The van der Waals surface area contributed by atoms with Gasteiger partial charge in [0.15, 0.2) is 5.43 Å². The fraction of sp³-hybridized carbons (Fsp3) is 0.478. The van der Waals surface area contributed by atoms with Gasteiger partial charge in [-0.15, -0.1) is 0 Å². The average Bonchev–Trinajstić information content (AvgIpc) is 2.74. The van der Waals surface area contributed by atoms with Crippen molar-refractivity contribution >= 4 is 5.71 Å². The molecular formula is C23H24F6N2O3. The second kappa shape index (κ2) is 9.71. The van der Waals surface area contributed by atoms with Gasteiger partial charge in [0.1, 0.15) is 18.5 Å². The number of aromatic amines is 1. The number of aryl methyl sites for hydroxylation is 2. The van der Waals surface area contributed by atoms with Gasteiger partial charge in [-0.05, 0) is 64.7 Å². The minimum atomic E-state index is -4.97. The lowest BCUT2D eigenvalue weighted by Crippen LogP contribution is -2.31. The highest BCUT2D eigenvalue weighted by Gasteiger charge is 2.37. The minimum absolute atomic E-state index is 0.0509. The van der Waals surface area contributed by atoms with Gasteiger partial charge in [-0.25, -0.2) is 0 Å². The quantitative estimate of drug-likeness (QED) is 0.399. The topological polar surface area (TPSA) is 63.7 Å². The average molecular weight is 490 g/mol. The first-order chi connectivity index (χ1) is 15.8. The minimum Gasteiger partial charge on any atom is -0.484 e. The van der Waals surface area contributed by atoms with Crippen LogP contribution in [0.2, 0.25) is 0 Å². The summed E-state index contributed by atoms with van der Waals surface area (Å²) in [4.78, 5) is 20.9. The molecule has 1 atom stereocenters. The lowest BCUT2D eigenvalue weighted by atomic mass is 9.95. The van der Waals surface area contributed by atoms with Crippen LogP contribution in [0.5, 0.6) is 5.75 Å². The fourth-order valence-electron chi connectivity index (χ4n) is 3.72. The van der Waals surface area contributed by atoms with E-state index in [0.717, 1.165) is 5.69 Å². The molecular weight excluding hydrogens is 466 g/mol. The van der Waals surface area contributed by atoms with Crippen LogP contribution < -0.4 is 10.2 Å². The molecule has 0 amide bonds. The zero-order chi connectivity index (χ0) is 25.3. The molecule has 3 rings (SSSR count). The summed E-state index contributed by atoms with van der Waals surface area (Å²) < 4.78 is 84.4. The Kier molecular flexibility index (Phi) is 7.32. The number of nitrogens with zero attached hydrogens (tertiary/aromatic N) is 1. The van der Waals surface area contributed by atoms with E-state index >= 15 is 0 Å². The molecule has 0 aliphatic heterocycles. The second-order valence-corrected chi connectivity index (χ2v) is 8.26. The standard InChI is InChI=1S/C23H24F6N2O3/c1-12-13(2)30-14(3)18(21(12)32)11-33-31-19-6-4-5-7-20(19)34-17-9-15(22(24,25)26)8-16(10-17)23(27,28)29/h8-10,20H,4-7,11H2,1-3H3,(H,30,32)/b31-19+. The van der Waals surface area contributed by atoms with Crippen molar-refractivity contribution in [3.63, 3.8) is 0 Å². The van der Waals surface area contributed by atoms with E-state index in [4.69, 9.17) is 9.57 Å². The van der Waals surface area contributed by atoms with Gasteiger partial charge in [0.2, 0.25) is 0 Å². The van der Waals surface area contributed by atoms with Gasteiger partial charge < -0.3 is 14.6 Å². The predicted octanol–water partition coefficient (Wildman–Crippen LogP) is 6.23. The highest BCUT2D eigenvalue weighted by atomic mass is 19.4. The third kappa shape index (κ3) is 5.92. The van der Waals surface area contributed by atoms with Crippen LogP contribution in [0.1, 0.15) is 59.3 Å². The van der Waals surface area contributed by atoms with E-state index in [-0.39, 0.29) is 18.1 Å². The molecule has 2 aromatic rings. The van der Waals surface area contributed by atoms with Gasteiger partial charge >= 0.3 is 12.4 Å². The number of nitrogens with one attached hydrogen (secondary N) is 1. The molecule has 186 valence electrons. The molecule has 0 radical (unpaired) electrons. The van der Waals surface area contributed by atoms with Crippen LogP contribution in [-0.4, -0.2) is 16.8 Å². The van der Waals surface area contributed by atoms with Crippen molar-refractivity contribution in [2.75, 3.05) is 0 Å². The van der Waals surface area contributed by atoms with E-state index < -0.39 is 35.3 Å². The molecule has 5 nitrogen and oxygen atoms in total. The Morgan fingerprint density at radius 3 is 2.18 bits per heavy atom. The monoisotopic (exact) mass is 490 g/mol. The zero-order valence-electron chi connectivity index (χ0n) is 18.8. The highest BCUT2D eigenvalue weighted by molar-refractivity contribution is 5.89. The van der Waals surface area contributed by atoms with Gasteiger partial charge in [0.05, 0.1) is 22.4 Å². The summed E-state index contributed by atoms with van der Waals surface area (Å²) in [5.74, 6) is -0.553. The number of halogens is 6. The third-order valence-corrected chi connectivity index (χ3v) is 5.76. The van der Waals surface area contributed by atoms with Crippen LogP contribution in [0.4, 0.5) is 26.3 Å². The zero-order valence-corrected chi connectivity index (χ0v) is 18.8. The maximum atomic E-state index is 13.1. The van der Waals surface area contributed by atoms with Crippen LogP contribution in [0.15, 0.2) is 28.1 Å². The summed E-state index contributed by atoms with van der Waals surface area (Å²) in [6.45, 7) is 5.03. The first kappa shape index (κ1) is 25.6. The maximum Gasteiger partial charge on any atom is 0.416 e. The van der Waals surface area contributed by atoms with Crippen LogP contribution in [0.25, 0.3) is 0 Å². The Balaban J connectivity index is 1.83. The number of pyridine rings is 1. The number of alkyl halides is 6. The molecule has 1 aromatic carbocycles. The molecule has 1 aliphatic rings. The van der Waals surface area contributed by atoms with E-state index in [0.29, 0.717) is 60.3 Å². The molecule has 1 aliphatic carbocycles. The molecule has 0 saturated heterocycles. The van der Waals surface area contributed by atoms with Gasteiger partial charge in [-0.3, -0.25) is 4.79 Å². The lowest BCUT2D eigenvalue weighted by molar-refractivity contribution is -0.143. The normalized spacial score (nSPS) is 18.3. The van der Waals surface area contributed by atoms with Crippen molar-refractivity contribution in [1.82, 2.24) is 4.98 Å². The van der Waals surface area contributed by atoms with E-state index in [1.807, 2.05) is 0 Å². The Morgan fingerprint density at radius 2 is 1.59 bits per heavy atom. The summed E-state index contributed by atoms with van der Waals surface area (Å²) in [6, 6.07) is 1.13. The number of rotatable bonds is 5. The van der Waals surface area contributed by atoms with E-state index in [1.165, 1.54) is 0 Å². The number of hydrogen-bond donors (Lipinski definition) is 1. The third-order valence-electron chi connectivity index (χ3n) is 5.76. The maximum absolute atomic E-state index is 13.1. The first-order valence-corrected chi connectivity index (χ1v) is 10.6. The van der Waals surface area contributed by atoms with Crippen molar-refractivity contribution in [2.45, 2.75) is 71.5 Å². The largest absolute Gasteiger partial charge is 0.484 e.